The van der Waals surface area contributed by atoms with Crippen molar-refractivity contribution in [3.8, 4) is 50.5 Å². The van der Waals surface area contributed by atoms with E-state index < -0.39 is 0 Å². The first-order chi connectivity index (χ1) is 33.2. The SMILES string of the molecule is c1ccc(-c2ccc3c(c2)c2cc4c5cc(-c6ccc7ccccc7c6)ccc5c5ccccc5c4cc2n3-c2cc(-c3cccc4cccnc34)nc(-c3cccc4cccnc34)c2)cc1. The van der Waals surface area contributed by atoms with Gasteiger partial charge in [0.15, 0.2) is 0 Å². The highest BCUT2D eigenvalue weighted by molar-refractivity contribution is 6.29. The van der Waals surface area contributed by atoms with Gasteiger partial charge in [0.1, 0.15) is 0 Å². The van der Waals surface area contributed by atoms with Gasteiger partial charge < -0.3 is 4.57 Å². The molecule has 4 heterocycles. The molecule has 4 aromatic heterocycles. The Balaban J connectivity index is 1.10. The van der Waals surface area contributed by atoms with Crippen molar-refractivity contribution in [2.75, 3.05) is 0 Å². The van der Waals surface area contributed by atoms with Crippen molar-refractivity contribution >= 4 is 86.7 Å². The van der Waals surface area contributed by atoms with Crippen molar-refractivity contribution in [2.45, 2.75) is 0 Å². The van der Waals surface area contributed by atoms with E-state index in [-0.39, 0.29) is 0 Å². The fourth-order valence-electron chi connectivity index (χ4n) is 10.6. The van der Waals surface area contributed by atoms with E-state index in [1.165, 1.54) is 76.1 Å². The number of nitrogens with zero attached hydrogens (tertiary/aromatic N) is 4. The number of para-hydroxylation sites is 2. The van der Waals surface area contributed by atoms with E-state index in [1.54, 1.807) is 0 Å². The Bertz CT molecular complexity index is 4230. The molecule has 0 fully saturated rings. The molecule has 0 N–H and O–H groups in total. The minimum Gasteiger partial charge on any atom is -0.309 e. The number of fused-ring (bicyclic) bond motifs is 12. The molecule has 310 valence electrons. The molecule has 0 aliphatic rings. The van der Waals surface area contributed by atoms with Crippen molar-refractivity contribution in [3.05, 3.63) is 231 Å². The maximum Gasteiger partial charge on any atom is 0.0795 e. The molecule has 67 heavy (non-hydrogen) atoms. The van der Waals surface area contributed by atoms with Gasteiger partial charge >= 0.3 is 0 Å². The van der Waals surface area contributed by atoms with E-state index in [0.29, 0.717) is 0 Å². The van der Waals surface area contributed by atoms with Gasteiger partial charge in [-0.1, -0.05) is 158 Å². The zero-order chi connectivity index (χ0) is 44.0. The summed E-state index contributed by atoms with van der Waals surface area (Å²) in [5.74, 6) is 0. The highest BCUT2D eigenvalue weighted by Gasteiger charge is 2.21. The summed E-state index contributed by atoms with van der Waals surface area (Å²) < 4.78 is 2.45. The molecule has 0 saturated heterocycles. The predicted octanol–water partition coefficient (Wildman–Crippen LogP) is 16.6. The third-order valence-electron chi connectivity index (χ3n) is 13.8. The Labute approximate surface area is 385 Å². The molecule has 4 nitrogen and oxygen atoms in total. The topological polar surface area (TPSA) is 43.6 Å². The van der Waals surface area contributed by atoms with Crippen LogP contribution in [0.1, 0.15) is 0 Å². The lowest BCUT2D eigenvalue weighted by atomic mass is 9.90. The fourth-order valence-corrected chi connectivity index (χ4v) is 10.6. The summed E-state index contributed by atoms with van der Waals surface area (Å²) in [4.78, 5) is 15.3. The fraction of sp³-hybridized carbons (Fsp3) is 0. The Morgan fingerprint density at radius 2 is 0.806 bits per heavy atom. The van der Waals surface area contributed by atoms with Crippen LogP contribution in [-0.2, 0) is 0 Å². The van der Waals surface area contributed by atoms with E-state index >= 15 is 0 Å². The summed E-state index contributed by atoms with van der Waals surface area (Å²) in [6.07, 6.45) is 3.73. The third kappa shape index (κ3) is 5.97. The van der Waals surface area contributed by atoms with E-state index in [2.05, 4.69) is 211 Å². The molecule has 0 aliphatic heterocycles. The summed E-state index contributed by atoms with van der Waals surface area (Å²) in [5.41, 5.74) is 13.5. The molecule has 14 rings (SSSR count). The summed E-state index contributed by atoms with van der Waals surface area (Å²) >= 11 is 0. The molecule has 0 spiro atoms. The number of hydrogen-bond acceptors (Lipinski definition) is 3. The highest BCUT2D eigenvalue weighted by Crippen LogP contribution is 2.44. The number of pyridine rings is 3. The van der Waals surface area contributed by atoms with E-state index in [4.69, 9.17) is 15.0 Å². The van der Waals surface area contributed by atoms with Gasteiger partial charge in [-0.3, -0.25) is 9.97 Å². The van der Waals surface area contributed by atoms with Crippen LogP contribution in [0, 0.1) is 0 Å². The molecule has 14 aromatic rings. The maximum atomic E-state index is 5.48. The van der Waals surface area contributed by atoms with Crippen molar-refractivity contribution in [1.82, 2.24) is 19.5 Å². The lowest BCUT2D eigenvalue weighted by Gasteiger charge is -2.16. The molecule has 0 amide bonds. The molecule has 0 bridgehead atoms. The lowest BCUT2D eigenvalue weighted by molar-refractivity contribution is 1.16. The minimum absolute atomic E-state index is 0.846. The first kappa shape index (κ1) is 37.4. The van der Waals surface area contributed by atoms with Crippen molar-refractivity contribution in [1.29, 1.82) is 0 Å². The summed E-state index contributed by atoms with van der Waals surface area (Å²) in [6, 6.07) is 79.3. The molecular formula is C63H38N4. The monoisotopic (exact) mass is 850 g/mol. The van der Waals surface area contributed by atoms with E-state index in [9.17, 15) is 0 Å². The van der Waals surface area contributed by atoms with Crippen LogP contribution in [0.5, 0.6) is 0 Å². The smallest absolute Gasteiger partial charge is 0.0795 e. The second-order valence-electron chi connectivity index (χ2n) is 17.6. The molecule has 0 atom stereocenters. The summed E-state index contributed by atoms with van der Waals surface area (Å²) in [5, 5.41) is 14.4. The number of rotatable bonds is 5. The molecule has 0 saturated carbocycles. The zero-order valence-corrected chi connectivity index (χ0v) is 36.2. The Kier molecular flexibility index (Phi) is 8.25. The number of benzene rings is 10. The maximum absolute atomic E-state index is 5.48. The van der Waals surface area contributed by atoms with Crippen LogP contribution in [0.15, 0.2) is 231 Å². The van der Waals surface area contributed by atoms with Crippen molar-refractivity contribution in [3.63, 3.8) is 0 Å². The van der Waals surface area contributed by atoms with Gasteiger partial charge in [-0.25, -0.2) is 4.98 Å². The van der Waals surface area contributed by atoms with Crippen LogP contribution >= 0.6 is 0 Å². The highest BCUT2D eigenvalue weighted by atomic mass is 15.0. The molecule has 0 unspecified atom stereocenters. The van der Waals surface area contributed by atoms with Crippen LogP contribution < -0.4 is 0 Å². The summed E-state index contributed by atoms with van der Waals surface area (Å²) in [7, 11) is 0. The molecular weight excluding hydrogens is 813 g/mol. The largest absolute Gasteiger partial charge is 0.309 e. The first-order valence-corrected chi connectivity index (χ1v) is 22.8. The van der Waals surface area contributed by atoms with Crippen LogP contribution in [0.3, 0.4) is 0 Å². The zero-order valence-electron chi connectivity index (χ0n) is 36.2. The van der Waals surface area contributed by atoms with Gasteiger partial charge in [-0.05, 0) is 126 Å². The molecule has 0 radical (unpaired) electrons. The van der Waals surface area contributed by atoms with Gasteiger partial charge in [-0.2, -0.15) is 0 Å². The quantitative estimate of drug-likeness (QED) is 0.162. The Morgan fingerprint density at radius 1 is 0.284 bits per heavy atom. The van der Waals surface area contributed by atoms with E-state index in [0.717, 1.165) is 61.0 Å². The van der Waals surface area contributed by atoms with Crippen LogP contribution in [0.25, 0.3) is 137 Å². The van der Waals surface area contributed by atoms with Crippen LogP contribution in [-0.4, -0.2) is 19.5 Å². The first-order valence-electron chi connectivity index (χ1n) is 22.8. The second-order valence-corrected chi connectivity index (χ2v) is 17.6. The Morgan fingerprint density at radius 3 is 1.55 bits per heavy atom. The molecule has 10 aromatic carbocycles. The van der Waals surface area contributed by atoms with E-state index in [1.807, 2.05) is 24.5 Å². The normalized spacial score (nSPS) is 11.9. The number of aromatic nitrogens is 4. The van der Waals surface area contributed by atoms with Gasteiger partial charge in [0.25, 0.3) is 0 Å². The summed E-state index contributed by atoms with van der Waals surface area (Å²) in [6.45, 7) is 0. The van der Waals surface area contributed by atoms with Crippen molar-refractivity contribution < 1.29 is 0 Å². The predicted molar refractivity (Wildman–Crippen MR) is 281 cm³/mol. The third-order valence-corrected chi connectivity index (χ3v) is 13.8. The van der Waals surface area contributed by atoms with Gasteiger partial charge in [0.2, 0.25) is 0 Å². The Hall–Kier alpha value is -8.99. The lowest BCUT2D eigenvalue weighted by Crippen LogP contribution is -1.99. The molecule has 4 heteroatoms. The van der Waals surface area contributed by atoms with Gasteiger partial charge in [0, 0.05) is 45.1 Å². The molecule has 0 aliphatic carbocycles. The minimum atomic E-state index is 0.846. The van der Waals surface area contributed by atoms with Gasteiger partial charge in [0.05, 0.1) is 39.1 Å². The second kappa shape index (κ2) is 14.8. The van der Waals surface area contributed by atoms with Crippen molar-refractivity contribution in [2.24, 2.45) is 0 Å². The van der Waals surface area contributed by atoms with Gasteiger partial charge in [-0.15, -0.1) is 0 Å². The average Bonchev–Trinajstić information content (AvgIpc) is 3.72. The standard InChI is InChI=1S/C63H38N4/c1-2-12-39(13-3-1)45-27-29-60-56(34-45)57-37-54-53-33-46(44-25-24-40-14-4-5-15-43(40)32-44)26-28-50(53)48-20-6-7-21-49(48)55(54)38-61(57)67(60)47-35-58(51-22-8-16-41-18-10-30-64-62(41)51)66-59(36-47)52-23-9-17-42-19-11-31-65-63(42)52/h1-38H. The number of hydrogen-bond donors (Lipinski definition) is 0. The van der Waals surface area contributed by atoms with Crippen LogP contribution in [0.2, 0.25) is 0 Å². The average molecular weight is 851 g/mol. The van der Waals surface area contributed by atoms with Crippen LogP contribution in [0.4, 0.5) is 0 Å².